The summed E-state index contributed by atoms with van der Waals surface area (Å²) < 4.78 is 0.997. The average molecular weight is 287 g/mol. The van der Waals surface area contributed by atoms with Gasteiger partial charge in [-0.3, -0.25) is 0 Å². The smallest absolute Gasteiger partial charge is 0.174 e. The molecule has 1 aliphatic rings. The highest BCUT2D eigenvalue weighted by atomic mass is 32.2. The molecule has 0 aromatic carbocycles. The van der Waals surface area contributed by atoms with Crippen molar-refractivity contribution < 1.29 is 5.11 Å². The van der Waals surface area contributed by atoms with Gasteiger partial charge in [0, 0.05) is 11.8 Å². The standard InChI is InChI=1S/C12H21N3OS2/c1-8(2)13-12(6-16,10-4-5-10)7-17-11-15-14-9(3)18-11/h8,10,13,16H,4-7H2,1-3H3. The van der Waals surface area contributed by atoms with Crippen LogP contribution >= 0.6 is 23.1 Å². The zero-order valence-electron chi connectivity index (χ0n) is 11.1. The predicted molar refractivity (Wildman–Crippen MR) is 76.2 cm³/mol. The van der Waals surface area contributed by atoms with E-state index in [0.29, 0.717) is 12.0 Å². The van der Waals surface area contributed by atoms with E-state index in [1.165, 1.54) is 12.8 Å². The maximum atomic E-state index is 9.81. The monoisotopic (exact) mass is 287 g/mol. The van der Waals surface area contributed by atoms with E-state index in [-0.39, 0.29) is 12.1 Å². The highest BCUT2D eigenvalue weighted by molar-refractivity contribution is 8.01. The topological polar surface area (TPSA) is 58.0 Å². The molecule has 0 amide bonds. The summed E-state index contributed by atoms with van der Waals surface area (Å²) in [4.78, 5) is 0. The first-order chi connectivity index (χ1) is 8.55. The van der Waals surface area contributed by atoms with Gasteiger partial charge in [-0.2, -0.15) is 0 Å². The van der Waals surface area contributed by atoms with Crippen LogP contribution in [0.3, 0.4) is 0 Å². The van der Waals surface area contributed by atoms with Gasteiger partial charge in [0.1, 0.15) is 5.01 Å². The fourth-order valence-electron chi connectivity index (χ4n) is 2.24. The summed E-state index contributed by atoms with van der Waals surface area (Å²) in [6.07, 6.45) is 2.44. The molecular formula is C12H21N3OS2. The minimum Gasteiger partial charge on any atom is -0.394 e. The third-order valence-corrected chi connectivity index (χ3v) is 5.40. The summed E-state index contributed by atoms with van der Waals surface area (Å²) in [5, 5.41) is 22.5. The normalized spacial score (nSPS) is 19.2. The lowest BCUT2D eigenvalue weighted by molar-refractivity contribution is 0.150. The van der Waals surface area contributed by atoms with Gasteiger partial charge in [-0.1, -0.05) is 36.9 Å². The van der Waals surface area contributed by atoms with Gasteiger partial charge in [-0.15, -0.1) is 10.2 Å². The third kappa shape index (κ3) is 3.44. The molecule has 4 nitrogen and oxygen atoms in total. The molecule has 0 spiro atoms. The maximum Gasteiger partial charge on any atom is 0.174 e. The second-order valence-electron chi connectivity index (χ2n) is 5.26. The van der Waals surface area contributed by atoms with Crippen molar-refractivity contribution in [1.82, 2.24) is 15.5 Å². The summed E-state index contributed by atoms with van der Waals surface area (Å²) in [5.41, 5.74) is -0.154. The van der Waals surface area contributed by atoms with Crippen LogP contribution in [-0.2, 0) is 0 Å². The van der Waals surface area contributed by atoms with Crippen LogP contribution in [0.5, 0.6) is 0 Å². The number of nitrogens with one attached hydrogen (secondary N) is 1. The second-order valence-corrected chi connectivity index (χ2v) is 7.67. The molecule has 1 atom stereocenters. The van der Waals surface area contributed by atoms with Crippen LogP contribution in [0.2, 0.25) is 0 Å². The highest BCUT2D eigenvalue weighted by Crippen LogP contribution is 2.42. The maximum absolute atomic E-state index is 9.81. The molecule has 1 fully saturated rings. The minimum absolute atomic E-state index is 0.154. The van der Waals surface area contributed by atoms with E-state index in [1.54, 1.807) is 23.1 Å². The van der Waals surface area contributed by atoms with E-state index in [4.69, 9.17) is 0 Å². The van der Waals surface area contributed by atoms with Crippen molar-refractivity contribution in [2.24, 2.45) is 5.92 Å². The molecule has 1 unspecified atom stereocenters. The van der Waals surface area contributed by atoms with Gasteiger partial charge in [-0.25, -0.2) is 0 Å². The molecule has 1 aliphatic carbocycles. The number of aryl methyl sites for hydroxylation is 1. The van der Waals surface area contributed by atoms with Gasteiger partial charge < -0.3 is 10.4 Å². The first kappa shape index (κ1) is 14.2. The van der Waals surface area contributed by atoms with Crippen LogP contribution in [0, 0.1) is 12.8 Å². The molecule has 18 heavy (non-hydrogen) atoms. The van der Waals surface area contributed by atoms with Crippen LogP contribution in [0.4, 0.5) is 0 Å². The van der Waals surface area contributed by atoms with E-state index in [2.05, 4.69) is 29.4 Å². The average Bonchev–Trinajstić information content (AvgIpc) is 3.09. The SMILES string of the molecule is Cc1nnc(SCC(CO)(NC(C)C)C2CC2)s1. The lowest BCUT2D eigenvalue weighted by Crippen LogP contribution is -2.55. The number of rotatable bonds is 7. The zero-order valence-corrected chi connectivity index (χ0v) is 12.8. The summed E-state index contributed by atoms with van der Waals surface area (Å²) >= 11 is 3.33. The Labute approximate surface area is 117 Å². The van der Waals surface area contributed by atoms with E-state index in [0.717, 1.165) is 15.1 Å². The molecule has 1 saturated carbocycles. The highest BCUT2D eigenvalue weighted by Gasteiger charge is 2.45. The Morgan fingerprint density at radius 2 is 2.22 bits per heavy atom. The van der Waals surface area contributed by atoms with Crippen LogP contribution in [-0.4, -0.2) is 39.2 Å². The minimum atomic E-state index is -0.154. The van der Waals surface area contributed by atoms with Crippen LogP contribution in [0.15, 0.2) is 4.34 Å². The number of aromatic nitrogens is 2. The van der Waals surface area contributed by atoms with Crippen LogP contribution < -0.4 is 5.32 Å². The molecule has 2 rings (SSSR count). The molecule has 0 radical (unpaired) electrons. The van der Waals surface area contributed by atoms with Gasteiger partial charge in [0.2, 0.25) is 0 Å². The molecule has 1 heterocycles. The number of hydrogen-bond acceptors (Lipinski definition) is 6. The summed E-state index contributed by atoms with van der Waals surface area (Å²) in [7, 11) is 0. The van der Waals surface area contributed by atoms with E-state index < -0.39 is 0 Å². The number of hydrogen-bond donors (Lipinski definition) is 2. The molecular weight excluding hydrogens is 266 g/mol. The van der Waals surface area contributed by atoms with Crippen molar-refractivity contribution in [2.45, 2.75) is 49.5 Å². The Kier molecular flexibility index (Phi) is 4.64. The second kappa shape index (κ2) is 5.86. The Balaban J connectivity index is 2.00. The number of aliphatic hydroxyl groups excluding tert-OH is 1. The predicted octanol–water partition coefficient (Wildman–Crippen LogP) is 2.08. The third-order valence-electron chi connectivity index (χ3n) is 3.18. The van der Waals surface area contributed by atoms with E-state index >= 15 is 0 Å². The molecule has 102 valence electrons. The van der Waals surface area contributed by atoms with Gasteiger partial charge in [0.05, 0.1) is 12.1 Å². The van der Waals surface area contributed by atoms with Crippen molar-refractivity contribution >= 4 is 23.1 Å². The lowest BCUT2D eigenvalue weighted by Gasteiger charge is -2.35. The van der Waals surface area contributed by atoms with Crippen molar-refractivity contribution in [2.75, 3.05) is 12.4 Å². The fourth-order valence-corrected chi connectivity index (χ4v) is 4.32. The van der Waals surface area contributed by atoms with Crippen molar-refractivity contribution in [1.29, 1.82) is 0 Å². The van der Waals surface area contributed by atoms with Crippen LogP contribution in [0.25, 0.3) is 0 Å². The number of thioether (sulfide) groups is 1. The molecule has 0 aliphatic heterocycles. The molecule has 0 bridgehead atoms. The quantitative estimate of drug-likeness (QED) is 0.752. The Morgan fingerprint density at radius 1 is 1.50 bits per heavy atom. The molecule has 1 aromatic rings. The van der Waals surface area contributed by atoms with Crippen molar-refractivity contribution in [3.8, 4) is 0 Å². The molecule has 6 heteroatoms. The zero-order chi connectivity index (χ0) is 13.2. The largest absolute Gasteiger partial charge is 0.394 e. The summed E-state index contributed by atoms with van der Waals surface area (Å²) in [6, 6.07) is 0.384. The Bertz CT molecular complexity index is 392. The van der Waals surface area contributed by atoms with Gasteiger partial charge in [0.25, 0.3) is 0 Å². The molecule has 1 aromatic heterocycles. The number of nitrogens with zero attached hydrogens (tertiary/aromatic N) is 2. The Hall–Kier alpha value is -0.170. The fraction of sp³-hybridized carbons (Fsp3) is 0.833. The Morgan fingerprint density at radius 3 is 2.67 bits per heavy atom. The van der Waals surface area contributed by atoms with Crippen LogP contribution in [0.1, 0.15) is 31.7 Å². The van der Waals surface area contributed by atoms with Crippen molar-refractivity contribution in [3.63, 3.8) is 0 Å². The summed E-state index contributed by atoms with van der Waals surface area (Å²) in [6.45, 7) is 6.42. The lowest BCUT2D eigenvalue weighted by atomic mass is 9.95. The van der Waals surface area contributed by atoms with Gasteiger partial charge in [0.15, 0.2) is 4.34 Å². The first-order valence-electron chi connectivity index (χ1n) is 6.37. The first-order valence-corrected chi connectivity index (χ1v) is 8.17. The van der Waals surface area contributed by atoms with E-state index in [1.807, 2.05) is 6.92 Å². The molecule has 2 N–H and O–H groups in total. The summed E-state index contributed by atoms with van der Waals surface area (Å²) in [5.74, 6) is 1.47. The van der Waals surface area contributed by atoms with E-state index in [9.17, 15) is 5.11 Å². The molecule has 0 saturated heterocycles. The van der Waals surface area contributed by atoms with Gasteiger partial charge in [-0.05, 0) is 25.7 Å². The van der Waals surface area contributed by atoms with Crippen molar-refractivity contribution in [3.05, 3.63) is 5.01 Å². The number of aliphatic hydroxyl groups is 1. The van der Waals surface area contributed by atoms with Gasteiger partial charge >= 0.3 is 0 Å².